The van der Waals surface area contributed by atoms with Gasteiger partial charge in [0.1, 0.15) is 5.75 Å². The van der Waals surface area contributed by atoms with Crippen LogP contribution in [0.2, 0.25) is 0 Å². The summed E-state index contributed by atoms with van der Waals surface area (Å²) in [4.78, 5) is 23.3. The molecule has 1 amide bonds. The Morgan fingerprint density at radius 3 is 2.36 bits per heavy atom. The van der Waals surface area contributed by atoms with Crippen molar-refractivity contribution in [3.8, 4) is 5.75 Å². The molecule has 0 spiro atoms. The van der Waals surface area contributed by atoms with E-state index in [-0.39, 0.29) is 11.5 Å². The average Bonchev–Trinajstić information content (AvgIpc) is 2.59. The van der Waals surface area contributed by atoms with Crippen LogP contribution in [0.4, 0.5) is 5.69 Å². The minimum absolute atomic E-state index is 0.115. The van der Waals surface area contributed by atoms with Crippen molar-refractivity contribution in [2.24, 2.45) is 0 Å². The summed E-state index contributed by atoms with van der Waals surface area (Å²) >= 11 is 0. The Balaban J connectivity index is 1.94. The highest BCUT2D eigenvalue weighted by Gasteiger charge is 2.10. The topological polar surface area (TPSA) is 98.8 Å². The van der Waals surface area contributed by atoms with Crippen molar-refractivity contribution < 1.29 is 27.5 Å². The van der Waals surface area contributed by atoms with Gasteiger partial charge in [-0.1, -0.05) is 6.07 Å². The molecule has 0 unspecified atom stereocenters. The lowest BCUT2D eigenvalue weighted by Crippen LogP contribution is -2.20. The molecule has 0 aliphatic heterocycles. The molecule has 0 aliphatic rings. The van der Waals surface area contributed by atoms with Crippen molar-refractivity contribution in [1.29, 1.82) is 0 Å². The number of rotatable bonds is 6. The highest BCUT2D eigenvalue weighted by atomic mass is 32.2. The Bertz CT molecular complexity index is 874. The van der Waals surface area contributed by atoms with Crippen LogP contribution < -0.4 is 10.1 Å². The van der Waals surface area contributed by atoms with Crippen LogP contribution in [0.5, 0.6) is 5.75 Å². The summed E-state index contributed by atoms with van der Waals surface area (Å²) < 4.78 is 32.9. The van der Waals surface area contributed by atoms with E-state index in [1.54, 1.807) is 24.3 Å². The Labute approximate surface area is 145 Å². The number of amides is 1. The van der Waals surface area contributed by atoms with Crippen molar-refractivity contribution in [3.05, 3.63) is 54.1 Å². The van der Waals surface area contributed by atoms with E-state index in [4.69, 9.17) is 4.74 Å². The Kier molecular flexibility index (Phi) is 5.76. The normalized spacial score (nSPS) is 10.8. The molecule has 132 valence electrons. The molecule has 1 N–H and O–H groups in total. The minimum Gasteiger partial charge on any atom is -0.484 e. The maximum atomic E-state index is 11.9. The van der Waals surface area contributed by atoms with Crippen LogP contribution in [0.1, 0.15) is 10.4 Å². The van der Waals surface area contributed by atoms with Crippen LogP contribution in [0.15, 0.2) is 53.4 Å². The standard InChI is InChI=1S/C17H17NO6S/c1-23-17(20)12-6-8-14(9-7-12)24-11-16(19)18-13-4-3-5-15(10-13)25(2,21)22/h3-10H,11H2,1-2H3,(H,18,19). The van der Waals surface area contributed by atoms with Gasteiger partial charge in [-0.25, -0.2) is 13.2 Å². The number of hydrogen-bond donors (Lipinski definition) is 1. The van der Waals surface area contributed by atoms with Gasteiger partial charge >= 0.3 is 5.97 Å². The molecule has 2 rings (SSSR count). The van der Waals surface area contributed by atoms with Crippen molar-refractivity contribution in [1.82, 2.24) is 0 Å². The van der Waals surface area contributed by atoms with Crippen LogP contribution in [-0.2, 0) is 19.4 Å². The van der Waals surface area contributed by atoms with E-state index in [1.807, 2.05) is 0 Å². The van der Waals surface area contributed by atoms with Crippen molar-refractivity contribution in [2.75, 3.05) is 25.3 Å². The number of esters is 1. The predicted molar refractivity (Wildman–Crippen MR) is 91.5 cm³/mol. The zero-order chi connectivity index (χ0) is 18.4. The van der Waals surface area contributed by atoms with Gasteiger partial charge in [-0.15, -0.1) is 0 Å². The molecular formula is C17H17NO6S. The molecule has 0 radical (unpaired) electrons. The third-order valence-electron chi connectivity index (χ3n) is 3.19. The second kappa shape index (κ2) is 7.80. The summed E-state index contributed by atoms with van der Waals surface area (Å²) in [6.45, 7) is -0.263. The number of methoxy groups -OCH3 is 1. The van der Waals surface area contributed by atoms with E-state index in [2.05, 4.69) is 10.1 Å². The summed E-state index contributed by atoms with van der Waals surface area (Å²) in [5.74, 6) is -0.495. The van der Waals surface area contributed by atoms with Crippen LogP contribution in [-0.4, -0.2) is 40.3 Å². The predicted octanol–water partition coefficient (Wildman–Crippen LogP) is 1.89. The molecule has 2 aromatic rings. The number of carbonyl (C=O) groups is 2. The Morgan fingerprint density at radius 2 is 1.76 bits per heavy atom. The zero-order valence-corrected chi connectivity index (χ0v) is 14.5. The number of nitrogens with one attached hydrogen (secondary N) is 1. The molecule has 7 nitrogen and oxygen atoms in total. The fraction of sp³-hybridized carbons (Fsp3) is 0.176. The van der Waals surface area contributed by atoms with E-state index in [9.17, 15) is 18.0 Å². The number of benzene rings is 2. The third kappa shape index (κ3) is 5.32. The summed E-state index contributed by atoms with van der Waals surface area (Å²) in [5, 5.41) is 2.56. The lowest BCUT2D eigenvalue weighted by atomic mass is 10.2. The summed E-state index contributed by atoms with van der Waals surface area (Å²) in [5.41, 5.74) is 0.731. The SMILES string of the molecule is COC(=O)c1ccc(OCC(=O)Nc2cccc(S(C)(=O)=O)c2)cc1. The minimum atomic E-state index is -3.35. The first kappa shape index (κ1) is 18.5. The summed E-state index contributed by atoms with van der Waals surface area (Å²) in [6.07, 6.45) is 1.09. The van der Waals surface area contributed by atoms with E-state index < -0.39 is 21.7 Å². The van der Waals surface area contributed by atoms with Gasteiger partial charge in [0.15, 0.2) is 16.4 Å². The molecule has 0 fully saturated rings. The molecule has 0 atom stereocenters. The van der Waals surface area contributed by atoms with Gasteiger partial charge in [-0.3, -0.25) is 4.79 Å². The van der Waals surface area contributed by atoms with Gasteiger partial charge in [0.05, 0.1) is 17.6 Å². The van der Waals surface area contributed by atoms with Gasteiger partial charge < -0.3 is 14.8 Å². The molecule has 0 bridgehead atoms. The largest absolute Gasteiger partial charge is 0.484 e. The van der Waals surface area contributed by atoms with Gasteiger partial charge in [0.25, 0.3) is 5.91 Å². The van der Waals surface area contributed by atoms with E-state index in [1.165, 1.54) is 31.4 Å². The monoisotopic (exact) mass is 363 g/mol. The summed E-state index contributed by atoms with van der Waals surface area (Å²) in [6, 6.07) is 12.1. The van der Waals surface area contributed by atoms with Gasteiger partial charge in [-0.2, -0.15) is 0 Å². The van der Waals surface area contributed by atoms with E-state index in [0.717, 1.165) is 6.26 Å². The zero-order valence-electron chi connectivity index (χ0n) is 13.7. The molecule has 0 saturated heterocycles. The first-order chi connectivity index (χ1) is 11.8. The van der Waals surface area contributed by atoms with Crippen LogP contribution in [0.3, 0.4) is 0 Å². The lowest BCUT2D eigenvalue weighted by Gasteiger charge is -2.09. The maximum absolute atomic E-state index is 11.9. The Morgan fingerprint density at radius 1 is 1.08 bits per heavy atom. The van der Waals surface area contributed by atoms with Crippen molar-refractivity contribution in [2.45, 2.75) is 4.90 Å². The number of carbonyl (C=O) groups excluding carboxylic acids is 2. The van der Waals surface area contributed by atoms with E-state index in [0.29, 0.717) is 17.0 Å². The van der Waals surface area contributed by atoms with Gasteiger partial charge in [-0.05, 0) is 42.5 Å². The van der Waals surface area contributed by atoms with Crippen LogP contribution in [0.25, 0.3) is 0 Å². The van der Waals surface area contributed by atoms with Crippen LogP contribution in [0, 0.1) is 0 Å². The molecular weight excluding hydrogens is 346 g/mol. The molecule has 0 aromatic heterocycles. The summed E-state index contributed by atoms with van der Waals surface area (Å²) in [7, 11) is -2.06. The lowest BCUT2D eigenvalue weighted by molar-refractivity contribution is -0.118. The van der Waals surface area contributed by atoms with Crippen molar-refractivity contribution in [3.63, 3.8) is 0 Å². The molecule has 25 heavy (non-hydrogen) atoms. The molecule has 8 heteroatoms. The smallest absolute Gasteiger partial charge is 0.337 e. The fourth-order valence-corrected chi connectivity index (χ4v) is 2.62. The second-order valence-corrected chi connectivity index (χ2v) is 7.17. The molecule has 2 aromatic carbocycles. The number of sulfone groups is 1. The first-order valence-electron chi connectivity index (χ1n) is 7.21. The number of anilines is 1. The third-order valence-corrected chi connectivity index (χ3v) is 4.30. The molecule has 0 aliphatic carbocycles. The highest BCUT2D eigenvalue weighted by molar-refractivity contribution is 7.90. The van der Waals surface area contributed by atoms with Crippen molar-refractivity contribution >= 4 is 27.4 Å². The maximum Gasteiger partial charge on any atom is 0.337 e. The van der Waals surface area contributed by atoms with E-state index >= 15 is 0 Å². The van der Waals surface area contributed by atoms with Gasteiger partial charge in [0, 0.05) is 11.9 Å². The average molecular weight is 363 g/mol. The fourth-order valence-electron chi connectivity index (χ4n) is 1.96. The number of ether oxygens (including phenoxy) is 2. The second-order valence-electron chi connectivity index (χ2n) is 5.15. The Hall–Kier alpha value is -2.87. The van der Waals surface area contributed by atoms with Gasteiger partial charge in [0.2, 0.25) is 0 Å². The highest BCUT2D eigenvalue weighted by Crippen LogP contribution is 2.16. The molecule has 0 heterocycles. The molecule has 0 saturated carbocycles. The first-order valence-corrected chi connectivity index (χ1v) is 9.10. The van der Waals surface area contributed by atoms with Crippen LogP contribution >= 0.6 is 0 Å². The quantitative estimate of drug-likeness (QED) is 0.787. The number of hydrogen-bond acceptors (Lipinski definition) is 6.